The Bertz CT molecular complexity index is 1620. The van der Waals surface area contributed by atoms with Crippen molar-refractivity contribution in [2.45, 2.75) is 19.0 Å². The Balaban J connectivity index is 1.01. The first-order valence-electron chi connectivity index (χ1n) is 14.6. The van der Waals surface area contributed by atoms with Crippen LogP contribution in [-0.4, -0.2) is 93.2 Å². The molecule has 0 spiro atoms. The third kappa shape index (κ3) is 6.33. The van der Waals surface area contributed by atoms with E-state index >= 15 is 0 Å². The number of hydrogen-bond donors (Lipinski definition) is 0. The molecule has 2 amide bonds. The van der Waals surface area contributed by atoms with Crippen molar-refractivity contribution < 1.29 is 42.9 Å². The van der Waals surface area contributed by atoms with Gasteiger partial charge < -0.3 is 23.7 Å². The molecule has 3 aromatic rings. The van der Waals surface area contributed by atoms with E-state index in [0.29, 0.717) is 35.8 Å². The van der Waals surface area contributed by atoms with Gasteiger partial charge in [-0.3, -0.25) is 24.2 Å². The Morgan fingerprint density at radius 2 is 1.53 bits per heavy atom. The van der Waals surface area contributed by atoms with E-state index in [1.54, 1.807) is 12.1 Å². The highest BCUT2D eigenvalue weighted by Crippen LogP contribution is 2.33. The van der Waals surface area contributed by atoms with Crippen LogP contribution in [-0.2, 0) is 20.9 Å². The van der Waals surface area contributed by atoms with E-state index in [1.807, 2.05) is 18.2 Å². The highest BCUT2D eigenvalue weighted by Gasteiger charge is 2.43. The van der Waals surface area contributed by atoms with Gasteiger partial charge in [0.2, 0.25) is 12.7 Å². The van der Waals surface area contributed by atoms with Gasteiger partial charge in [-0.1, -0.05) is 6.07 Å². The summed E-state index contributed by atoms with van der Waals surface area (Å²) in [6.45, 7) is 3.38. The number of ketones is 1. The average Bonchev–Trinajstić information content (AvgIpc) is 3.66. The molecule has 6 rings (SSSR count). The summed E-state index contributed by atoms with van der Waals surface area (Å²) in [5, 5.41) is 0. The van der Waals surface area contributed by atoms with E-state index in [-0.39, 0.29) is 30.6 Å². The maximum absolute atomic E-state index is 13.4. The lowest BCUT2D eigenvalue weighted by Crippen LogP contribution is -2.52. The van der Waals surface area contributed by atoms with E-state index in [0.717, 1.165) is 36.7 Å². The van der Waals surface area contributed by atoms with Crippen LogP contribution in [0.15, 0.2) is 60.7 Å². The van der Waals surface area contributed by atoms with Gasteiger partial charge in [0.15, 0.2) is 35.4 Å². The smallest absolute Gasteiger partial charge is 0.338 e. The summed E-state index contributed by atoms with van der Waals surface area (Å²) < 4.78 is 26.5. The number of imide groups is 1. The zero-order chi connectivity index (χ0) is 31.5. The number of carbonyl (C=O) groups excluding carboxylic acids is 4. The summed E-state index contributed by atoms with van der Waals surface area (Å²) in [5.41, 5.74) is 2.00. The van der Waals surface area contributed by atoms with E-state index in [4.69, 9.17) is 23.7 Å². The van der Waals surface area contributed by atoms with E-state index in [9.17, 15) is 19.2 Å². The number of anilines is 1. The molecule has 3 aliphatic rings. The lowest BCUT2D eigenvalue weighted by atomic mass is 10.1. The fourth-order valence-corrected chi connectivity index (χ4v) is 5.76. The van der Waals surface area contributed by atoms with Crippen molar-refractivity contribution in [3.63, 3.8) is 0 Å². The molecule has 0 aliphatic carbocycles. The summed E-state index contributed by atoms with van der Waals surface area (Å²) in [4.78, 5) is 57.1. The molecule has 45 heavy (non-hydrogen) atoms. The molecule has 0 saturated carbocycles. The standard InChI is InChI=1S/C33H33N3O9/c1-41-27-10-6-23(16-29(27)42-2)26(37)19-43-33(40)22-4-7-24(8-5-22)36-31(38)17-25(32(36)39)35-13-11-34(12-14-35)18-21-3-9-28-30(15-21)45-20-44-28/h3-10,15-16,25H,11-14,17-20H2,1-2H3. The molecular formula is C33H33N3O9. The molecule has 12 heteroatoms. The number of esters is 1. The quantitative estimate of drug-likeness (QED) is 0.190. The molecule has 234 valence electrons. The third-order valence-electron chi connectivity index (χ3n) is 8.21. The van der Waals surface area contributed by atoms with Crippen LogP contribution in [0.5, 0.6) is 23.0 Å². The summed E-state index contributed by atoms with van der Waals surface area (Å²) in [6, 6.07) is 16.1. The van der Waals surface area contributed by atoms with Crippen LogP contribution in [0.4, 0.5) is 5.69 Å². The minimum Gasteiger partial charge on any atom is -0.493 e. The number of carbonyl (C=O) groups is 4. The van der Waals surface area contributed by atoms with Crippen LogP contribution < -0.4 is 23.8 Å². The van der Waals surface area contributed by atoms with Gasteiger partial charge in [-0.05, 0) is 60.2 Å². The normalized spacial score (nSPS) is 18.3. The summed E-state index contributed by atoms with van der Waals surface area (Å²) in [6.07, 6.45) is 0.100. The lowest BCUT2D eigenvalue weighted by Gasteiger charge is -2.37. The van der Waals surface area contributed by atoms with Crippen LogP contribution in [0.25, 0.3) is 0 Å². The van der Waals surface area contributed by atoms with Crippen molar-refractivity contribution in [2.75, 3.05) is 58.7 Å². The summed E-state index contributed by atoms with van der Waals surface area (Å²) in [7, 11) is 2.96. The topological polar surface area (TPSA) is 124 Å². The number of Topliss-reactive ketones (excluding diaryl/α,β-unsaturated/α-hetero) is 1. The van der Waals surface area contributed by atoms with E-state index in [1.165, 1.54) is 49.5 Å². The van der Waals surface area contributed by atoms with Crippen LogP contribution >= 0.6 is 0 Å². The molecule has 2 fully saturated rings. The van der Waals surface area contributed by atoms with Crippen molar-refractivity contribution in [3.05, 3.63) is 77.4 Å². The zero-order valence-electron chi connectivity index (χ0n) is 25.0. The SMILES string of the molecule is COc1ccc(C(=O)COC(=O)c2ccc(N3C(=O)CC(N4CCN(Cc5ccc6c(c5)OCO6)CC4)C3=O)cc2)cc1OC. The molecule has 1 unspecified atom stereocenters. The van der Waals surface area contributed by atoms with E-state index in [2.05, 4.69) is 9.80 Å². The summed E-state index contributed by atoms with van der Waals surface area (Å²) in [5.74, 6) is 0.698. The minimum atomic E-state index is -0.703. The second kappa shape index (κ2) is 13.0. The second-order valence-corrected chi connectivity index (χ2v) is 10.9. The zero-order valence-corrected chi connectivity index (χ0v) is 25.0. The Labute approximate surface area is 259 Å². The van der Waals surface area contributed by atoms with Gasteiger partial charge in [0, 0.05) is 38.3 Å². The molecule has 3 aliphatic heterocycles. The monoisotopic (exact) mass is 615 g/mol. The predicted octanol–water partition coefficient (Wildman–Crippen LogP) is 2.92. The minimum absolute atomic E-state index is 0.100. The Morgan fingerprint density at radius 1 is 0.822 bits per heavy atom. The number of amides is 2. The van der Waals surface area contributed by atoms with Gasteiger partial charge in [-0.2, -0.15) is 0 Å². The van der Waals surface area contributed by atoms with Gasteiger partial charge in [0.1, 0.15) is 0 Å². The fourth-order valence-electron chi connectivity index (χ4n) is 5.76. The second-order valence-electron chi connectivity index (χ2n) is 10.9. The molecule has 3 heterocycles. The molecular weight excluding hydrogens is 582 g/mol. The van der Waals surface area contributed by atoms with Crippen molar-refractivity contribution in [1.82, 2.24) is 9.80 Å². The highest BCUT2D eigenvalue weighted by atomic mass is 16.7. The first-order chi connectivity index (χ1) is 21.8. The largest absolute Gasteiger partial charge is 0.493 e. The Kier molecular flexibility index (Phi) is 8.67. The number of hydrogen-bond acceptors (Lipinski definition) is 11. The van der Waals surface area contributed by atoms with Crippen molar-refractivity contribution in [1.29, 1.82) is 0 Å². The van der Waals surface area contributed by atoms with Gasteiger partial charge in [0.25, 0.3) is 5.91 Å². The number of methoxy groups -OCH3 is 2. The number of ether oxygens (including phenoxy) is 5. The van der Waals surface area contributed by atoms with E-state index < -0.39 is 24.4 Å². The number of nitrogens with zero attached hydrogens (tertiary/aromatic N) is 3. The van der Waals surface area contributed by atoms with Gasteiger partial charge in [-0.15, -0.1) is 0 Å². The molecule has 0 aromatic heterocycles. The highest BCUT2D eigenvalue weighted by molar-refractivity contribution is 6.22. The predicted molar refractivity (Wildman–Crippen MR) is 161 cm³/mol. The molecule has 1 atom stereocenters. The average molecular weight is 616 g/mol. The number of fused-ring (bicyclic) bond motifs is 1. The van der Waals surface area contributed by atoms with Crippen LogP contribution in [0.2, 0.25) is 0 Å². The molecule has 3 aromatic carbocycles. The molecule has 0 radical (unpaired) electrons. The fraction of sp³-hybridized carbons (Fsp3) is 0.333. The maximum atomic E-state index is 13.4. The van der Waals surface area contributed by atoms with Gasteiger partial charge in [0.05, 0.1) is 37.9 Å². The molecule has 0 bridgehead atoms. The lowest BCUT2D eigenvalue weighted by molar-refractivity contribution is -0.123. The number of piperazine rings is 1. The first-order valence-corrected chi connectivity index (χ1v) is 14.6. The van der Waals surface area contributed by atoms with Crippen molar-refractivity contribution in [2.24, 2.45) is 0 Å². The van der Waals surface area contributed by atoms with Crippen LogP contribution in [0.3, 0.4) is 0 Å². The van der Waals surface area contributed by atoms with Gasteiger partial charge in [-0.25, -0.2) is 9.69 Å². The third-order valence-corrected chi connectivity index (χ3v) is 8.21. The molecule has 12 nitrogen and oxygen atoms in total. The number of benzene rings is 3. The Morgan fingerprint density at radius 3 is 2.27 bits per heavy atom. The van der Waals surface area contributed by atoms with Crippen LogP contribution in [0, 0.1) is 0 Å². The molecule has 2 saturated heterocycles. The summed E-state index contributed by atoms with van der Waals surface area (Å²) >= 11 is 0. The van der Waals surface area contributed by atoms with Crippen molar-refractivity contribution >= 4 is 29.3 Å². The van der Waals surface area contributed by atoms with Crippen LogP contribution in [0.1, 0.15) is 32.7 Å². The van der Waals surface area contributed by atoms with Crippen molar-refractivity contribution in [3.8, 4) is 23.0 Å². The van der Waals surface area contributed by atoms with Gasteiger partial charge >= 0.3 is 5.97 Å². The maximum Gasteiger partial charge on any atom is 0.338 e. The number of rotatable bonds is 10. The Hall–Kier alpha value is -4.94. The molecule has 0 N–H and O–H groups in total. The first kappa shape index (κ1) is 30.1.